The zero-order valence-corrected chi connectivity index (χ0v) is 9.51. The number of halogens is 1. The molecule has 1 aromatic carbocycles. The molecule has 0 radical (unpaired) electrons. The molecule has 0 atom stereocenters. The van der Waals surface area contributed by atoms with Gasteiger partial charge in [0.25, 0.3) is 0 Å². The van der Waals surface area contributed by atoms with E-state index in [0.717, 1.165) is 24.3 Å². The van der Waals surface area contributed by atoms with E-state index in [1.54, 1.807) is 0 Å². The topological polar surface area (TPSA) is 15.3 Å². The molecule has 1 aromatic rings. The quantitative estimate of drug-likeness (QED) is 0.755. The number of nitrogens with one attached hydrogen (secondary N) is 1. The summed E-state index contributed by atoms with van der Waals surface area (Å²) in [5, 5.41) is 3.35. The maximum atomic E-state index is 5.75. The van der Waals surface area contributed by atoms with E-state index in [2.05, 4.69) is 36.4 Å². The Bertz CT molecular complexity index is 274. The van der Waals surface area contributed by atoms with Crippen molar-refractivity contribution in [3.05, 3.63) is 29.8 Å². The second-order valence-corrected chi connectivity index (χ2v) is 3.83. The molecule has 0 saturated carbocycles. The maximum Gasteiger partial charge on any atom is 0.0474 e. The number of nitrogens with zero attached hydrogens (tertiary/aromatic N) is 1. The summed E-state index contributed by atoms with van der Waals surface area (Å²) in [6.45, 7) is 1.99. The Morgan fingerprint density at radius 1 is 1.36 bits per heavy atom. The molecule has 0 spiro atoms. The van der Waals surface area contributed by atoms with Crippen molar-refractivity contribution in [2.75, 3.05) is 32.5 Å². The number of anilines is 1. The smallest absolute Gasteiger partial charge is 0.0474 e. The van der Waals surface area contributed by atoms with Crippen molar-refractivity contribution in [2.24, 2.45) is 0 Å². The van der Waals surface area contributed by atoms with E-state index in [-0.39, 0.29) is 0 Å². The van der Waals surface area contributed by atoms with Gasteiger partial charge in [-0.2, -0.15) is 0 Å². The van der Waals surface area contributed by atoms with Gasteiger partial charge in [-0.25, -0.2) is 0 Å². The lowest BCUT2D eigenvalue weighted by atomic mass is 10.2. The molecular formula is C11H17ClN2. The van der Waals surface area contributed by atoms with Crippen LogP contribution < -0.4 is 5.32 Å². The summed E-state index contributed by atoms with van der Waals surface area (Å²) >= 11 is 5.75. The molecule has 14 heavy (non-hydrogen) atoms. The van der Waals surface area contributed by atoms with E-state index in [1.807, 2.05) is 12.1 Å². The Labute approximate surface area is 90.9 Å². The van der Waals surface area contributed by atoms with Gasteiger partial charge in [-0.05, 0) is 31.8 Å². The average molecular weight is 213 g/mol. The van der Waals surface area contributed by atoms with Crippen LogP contribution in [-0.4, -0.2) is 32.1 Å². The minimum atomic E-state index is 0.573. The molecule has 3 heteroatoms. The van der Waals surface area contributed by atoms with Crippen molar-refractivity contribution in [3.8, 4) is 0 Å². The van der Waals surface area contributed by atoms with Crippen LogP contribution in [0.2, 0.25) is 0 Å². The summed E-state index contributed by atoms with van der Waals surface area (Å²) in [6.07, 6.45) is 0. The first-order valence-electron chi connectivity index (χ1n) is 4.76. The van der Waals surface area contributed by atoms with Crippen LogP contribution in [-0.2, 0) is 5.88 Å². The highest BCUT2D eigenvalue weighted by atomic mass is 35.5. The highest BCUT2D eigenvalue weighted by Crippen LogP contribution is 2.11. The predicted molar refractivity (Wildman–Crippen MR) is 63.0 cm³/mol. The van der Waals surface area contributed by atoms with E-state index in [4.69, 9.17) is 11.6 Å². The van der Waals surface area contributed by atoms with Gasteiger partial charge in [0.05, 0.1) is 0 Å². The van der Waals surface area contributed by atoms with Gasteiger partial charge in [0.2, 0.25) is 0 Å². The van der Waals surface area contributed by atoms with Crippen LogP contribution in [0, 0.1) is 0 Å². The van der Waals surface area contributed by atoms with Crippen molar-refractivity contribution < 1.29 is 0 Å². The Morgan fingerprint density at radius 3 is 2.79 bits per heavy atom. The average Bonchev–Trinajstić information content (AvgIpc) is 2.18. The Morgan fingerprint density at radius 2 is 2.14 bits per heavy atom. The molecule has 0 unspecified atom stereocenters. The van der Waals surface area contributed by atoms with Crippen LogP contribution in [0.4, 0.5) is 5.69 Å². The first-order valence-corrected chi connectivity index (χ1v) is 5.29. The zero-order valence-electron chi connectivity index (χ0n) is 8.76. The van der Waals surface area contributed by atoms with Gasteiger partial charge in [-0.15, -0.1) is 11.6 Å². The van der Waals surface area contributed by atoms with Crippen molar-refractivity contribution in [1.29, 1.82) is 0 Å². The third-order valence-corrected chi connectivity index (χ3v) is 2.28. The van der Waals surface area contributed by atoms with E-state index >= 15 is 0 Å². The lowest BCUT2D eigenvalue weighted by Gasteiger charge is -2.11. The minimum absolute atomic E-state index is 0.573. The molecule has 0 heterocycles. The summed E-state index contributed by atoms with van der Waals surface area (Å²) in [4.78, 5) is 2.15. The highest BCUT2D eigenvalue weighted by Gasteiger charge is 1.94. The second-order valence-electron chi connectivity index (χ2n) is 3.56. The van der Waals surface area contributed by atoms with Gasteiger partial charge in [-0.1, -0.05) is 12.1 Å². The summed E-state index contributed by atoms with van der Waals surface area (Å²) in [5.41, 5.74) is 2.30. The molecule has 0 fully saturated rings. The molecule has 0 bridgehead atoms. The van der Waals surface area contributed by atoms with Gasteiger partial charge in [0.1, 0.15) is 0 Å². The Balaban J connectivity index is 2.42. The molecule has 0 aromatic heterocycles. The van der Waals surface area contributed by atoms with Crippen LogP contribution in [0.5, 0.6) is 0 Å². The van der Waals surface area contributed by atoms with Gasteiger partial charge in [-0.3, -0.25) is 0 Å². The highest BCUT2D eigenvalue weighted by molar-refractivity contribution is 6.17. The number of benzene rings is 1. The minimum Gasteiger partial charge on any atom is -0.384 e. The van der Waals surface area contributed by atoms with Crippen molar-refractivity contribution in [2.45, 2.75) is 5.88 Å². The van der Waals surface area contributed by atoms with Crippen LogP contribution in [0.1, 0.15) is 5.56 Å². The molecule has 1 N–H and O–H groups in total. The SMILES string of the molecule is CN(C)CCNc1cccc(CCl)c1. The van der Waals surface area contributed by atoms with Crippen LogP contribution in [0.25, 0.3) is 0 Å². The molecule has 1 rings (SSSR count). The van der Waals surface area contributed by atoms with Crippen molar-refractivity contribution >= 4 is 17.3 Å². The van der Waals surface area contributed by atoms with Gasteiger partial charge in [0.15, 0.2) is 0 Å². The van der Waals surface area contributed by atoms with E-state index in [1.165, 1.54) is 0 Å². The predicted octanol–water partition coefficient (Wildman–Crippen LogP) is 2.40. The molecule has 0 aliphatic rings. The van der Waals surface area contributed by atoms with Crippen LogP contribution in [0.3, 0.4) is 0 Å². The Hall–Kier alpha value is -0.730. The summed E-state index contributed by atoms with van der Waals surface area (Å²) < 4.78 is 0. The summed E-state index contributed by atoms with van der Waals surface area (Å²) in [7, 11) is 4.13. The molecule has 0 aliphatic carbocycles. The van der Waals surface area contributed by atoms with E-state index < -0.39 is 0 Å². The third-order valence-electron chi connectivity index (χ3n) is 1.97. The van der Waals surface area contributed by atoms with Gasteiger partial charge in [0, 0.05) is 24.7 Å². The first-order chi connectivity index (χ1) is 6.72. The Kier molecular flexibility index (Phi) is 4.77. The molecule has 0 amide bonds. The van der Waals surface area contributed by atoms with Crippen LogP contribution in [0.15, 0.2) is 24.3 Å². The molecule has 78 valence electrons. The van der Waals surface area contributed by atoms with E-state index in [0.29, 0.717) is 5.88 Å². The summed E-state index contributed by atoms with van der Waals surface area (Å²) in [6, 6.07) is 8.20. The maximum absolute atomic E-state index is 5.75. The first kappa shape index (κ1) is 11.3. The normalized spacial score (nSPS) is 10.6. The largest absolute Gasteiger partial charge is 0.384 e. The zero-order chi connectivity index (χ0) is 10.4. The summed E-state index contributed by atoms with van der Waals surface area (Å²) in [5.74, 6) is 0.573. The number of rotatable bonds is 5. The monoisotopic (exact) mass is 212 g/mol. The van der Waals surface area contributed by atoms with Crippen molar-refractivity contribution in [1.82, 2.24) is 4.90 Å². The molecular weight excluding hydrogens is 196 g/mol. The number of hydrogen-bond acceptors (Lipinski definition) is 2. The molecule has 0 aliphatic heterocycles. The number of likely N-dealkylation sites (N-methyl/N-ethyl adjacent to an activating group) is 1. The van der Waals surface area contributed by atoms with Crippen molar-refractivity contribution in [3.63, 3.8) is 0 Å². The van der Waals surface area contributed by atoms with Gasteiger partial charge < -0.3 is 10.2 Å². The second kappa shape index (κ2) is 5.89. The van der Waals surface area contributed by atoms with Gasteiger partial charge >= 0.3 is 0 Å². The third kappa shape index (κ3) is 3.99. The number of alkyl halides is 1. The fraction of sp³-hybridized carbons (Fsp3) is 0.455. The molecule has 2 nitrogen and oxygen atoms in total. The lowest BCUT2D eigenvalue weighted by Crippen LogP contribution is -2.20. The number of hydrogen-bond donors (Lipinski definition) is 1. The standard InChI is InChI=1S/C11H17ClN2/c1-14(2)7-6-13-11-5-3-4-10(8-11)9-12/h3-5,8,13H,6-7,9H2,1-2H3. The van der Waals surface area contributed by atoms with Crippen LogP contribution >= 0.6 is 11.6 Å². The fourth-order valence-corrected chi connectivity index (χ4v) is 1.35. The fourth-order valence-electron chi connectivity index (χ4n) is 1.19. The molecule has 0 saturated heterocycles. The lowest BCUT2D eigenvalue weighted by molar-refractivity contribution is 0.425. The van der Waals surface area contributed by atoms with E-state index in [9.17, 15) is 0 Å².